The molecule has 88 valence electrons. The summed E-state index contributed by atoms with van der Waals surface area (Å²) in [6.07, 6.45) is 4.19. The summed E-state index contributed by atoms with van der Waals surface area (Å²) in [6, 6.07) is 0. The normalized spacial score (nSPS) is 25.0. The Balaban J connectivity index is 2.13. The Labute approximate surface area is 92.5 Å². The van der Waals surface area contributed by atoms with Crippen molar-refractivity contribution in [1.82, 2.24) is 0 Å². The minimum absolute atomic E-state index is 0.308. The van der Waals surface area contributed by atoms with Crippen molar-refractivity contribution in [3.05, 3.63) is 0 Å². The lowest BCUT2D eigenvalue weighted by Gasteiger charge is -2.09. The second kappa shape index (κ2) is 6.23. The molecule has 1 aliphatic rings. The summed E-state index contributed by atoms with van der Waals surface area (Å²) in [5.41, 5.74) is 0. The van der Waals surface area contributed by atoms with E-state index in [1.807, 2.05) is 0 Å². The zero-order valence-electron chi connectivity index (χ0n) is 8.98. The fourth-order valence-corrected chi connectivity index (χ4v) is 2.64. The van der Waals surface area contributed by atoms with E-state index in [2.05, 4.69) is 0 Å². The summed E-state index contributed by atoms with van der Waals surface area (Å²) in [4.78, 5) is 10.5. The fraction of sp³-hybridized carbons (Fsp3) is 0.900. The van der Waals surface area contributed by atoms with Crippen LogP contribution in [0.3, 0.4) is 0 Å². The van der Waals surface area contributed by atoms with Crippen LogP contribution in [0.1, 0.15) is 32.6 Å². The first kappa shape index (κ1) is 12.6. The number of carboxylic acids is 1. The zero-order valence-corrected chi connectivity index (χ0v) is 9.79. The summed E-state index contributed by atoms with van der Waals surface area (Å²) < 4.78 is 16.9. The number of carbonyl (C=O) groups is 1. The van der Waals surface area contributed by atoms with Crippen LogP contribution in [-0.4, -0.2) is 39.0 Å². The van der Waals surface area contributed by atoms with Gasteiger partial charge in [0.2, 0.25) is 0 Å². The van der Waals surface area contributed by atoms with Crippen LogP contribution >= 0.6 is 0 Å². The highest BCUT2D eigenvalue weighted by atomic mass is 32.2. The predicted molar refractivity (Wildman–Crippen MR) is 58.3 cm³/mol. The van der Waals surface area contributed by atoms with Crippen LogP contribution in [0.5, 0.6) is 0 Å². The number of rotatable bonds is 6. The minimum atomic E-state index is -1.25. The Hall–Kier alpha value is -0.420. The highest BCUT2D eigenvalue weighted by molar-refractivity contribution is 7.86. The molecule has 0 spiro atoms. The second-order valence-electron chi connectivity index (χ2n) is 3.84. The Morgan fingerprint density at radius 3 is 2.93 bits per heavy atom. The van der Waals surface area contributed by atoms with Crippen molar-refractivity contribution >= 4 is 16.8 Å². The number of aliphatic carboxylic acids is 1. The molecule has 15 heavy (non-hydrogen) atoms. The van der Waals surface area contributed by atoms with Crippen molar-refractivity contribution < 1.29 is 18.8 Å². The first-order valence-electron chi connectivity index (χ1n) is 5.33. The van der Waals surface area contributed by atoms with Gasteiger partial charge in [-0.2, -0.15) is 0 Å². The van der Waals surface area contributed by atoms with Crippen LogP contribution in [0.2, 0.25) is 0 Å². The van der Waals surface area contributed by atoms with E-state index in [9.17, 15) is 9.00 Å². The molecule has 0 saturated carbocycles. The van der Waals surface area contributed by atoms with Crippen LogP contribution in [0, 0.1) is 0 Å². The Bertz CT molecular complexity index is 236. The van der Waals surface area contributed by atoms with Crippen molar-refractivity contribution in [2.45, 2.75) is 44.0 Å². The van der Waals surface area contributed by atoms with Crippen molar-refractivity contribution in [1.29, 1.82) is 0 Å². The van der Waals surface area contributed by atoms with Gasteiger partial charge in [0, 0.05) is 23.2 Å². The molecule has 0 aliphatic carbocycles. The highest BCUT2D eigenvalue weighted by Gasteiger charge is 2.20. The molecule has 1 rings (SSSR count). The number of hydrogen-bond acceptors (Lipinski definition) is 3. The standard InChI is InChI=1S/C10H18O4S/c1-8(10(11)12)15(13)7-3-5-9-4-2-6-14-9/h8-9H,2-7H2,1H3,(H,11,12). The molecule has 3 unspecified atom stereocenters. The maximum atomic E-state index is 11.4. The molecule has 0 radical (unpaired) electrons. The van der Waals surface area contributed by atoms with E-state index in [0.717, 1.165) is 32.3 Å². The van der Waals surface area contributed by atoms with Gasteiger partial charge in [0.05, 0.1) is 6.10 Å². The molecule has 5 heteroatoms. The SMILES string of the molecule is CC(C(=O)O)S(=O)CCCC1CCCO1. The molecular formula is C10H18O4S. The molecule has 3 atom stereocenters. The van der Waals surface area contributed by atoms with Gasteiger partial charge in [-0.05, 0) is 32.6 Å². The lowest BCUT2D eigenvalue weighted by atomic mass is 10.1. The molecule has 1 N–H and O–H groups in total. The molecule has 4 nitrogen and oxygen atoms in total. The molecular weight excluding hydrogens is 216 g/mol. The molecule has 1 fully saturated rings. The first-order chi connectivity index (χ1) is 7.11. The number of ether oxygens (including phenoxy) is 1. The van der Waals surface area contributed by atoms with Crippen LogP contribution in [-0.2, 0) is 20.3 Å². The van der Waals surface area contributed by atoms with E-state index in [1.54, 1.807) is 0 Å². The van der Waals surface area contributed by atoms with E-state index in [1.165, 1.54) is 6.92 Å². The molecule has 1 saturated heterocycles. The molecule has 0 aromatic rings. The molecule has 1 heterocycles. The molecule has 0 bridgehead atoms. The van der Waals surface area contributed by atoms with Crippen molar-refractivity contribution in [2.24, 2.45) is 0 Å². The third-order valence-corrected chi connectivity index (χ3v) is 4.32. The Morgan fingerprint density at radius 1 is 1.67 bits per heavy atom. The topological polar surface area (TPSA) is 63.6 Å². The lowest BCUT2D eigenvalue weighted by Crippen LogP contribution is -2.24. The molecule has 0 amide bonds. The maximum absolute atomic E-state index is 11.4. The Morgan fingerprint density at radius 2 is 2.40 bits per heavy atom. The van der Waals surface area contributed by atoms with E-state index >= 15 is 0 Å². The van der Waals surface area contributed by atoms with Gasteiger partial charge in [0.1, 0.15) is 5.25 Å². The van der Waals surface area contributed by atoms with E-state index in [0.29, 0.717) is 11.9 Å². The quantitative estimate of drug-likeness (QED) is 0.749. The lowest BCUT2D eigenvalue weighted by molar-refractivity contribution is -0.136. The van der Waals surface area contributed by atoms with Gasteiger partial charge in [-0.15, -0.1) is 0 Å². The van der Waals surface area contributed by atoms with Crippen LogP contribution in [0.4, 0.5) is 0 Å². The summed E-state index contributed by atoms with van der Waals surface area (Å²) in [5.74, 6) is -0.515. The van der Waals surface area contributed by atoms with Crippen molar-refractivity contribution in [3.63, 3.8) is 0 Å². The van der Waals surface area contributed by atoms with Gasteiger partial charge in [-0.3, -0.25) is 9.00 Å². The maximum Gasteiger partial charge on any atom is 0.318 e. The Kier molecular flexibility index (Phi) is 5.25. The smallest absolute Gasteiger partial charge is 0.318 e. The van der Waals surface area contributed by atoms with Gasteiger partial charge < -0.3 is 9.84 Å². The third-order valence-electron chi connectivity index (χ3n) is 2.64. The van der Waals surface area contributed by atoms with Gasteiger partial charge in [0.15, 0.2) is 0 Å². The van der Waals surface area contributed by atoms with Crippen molar-refractivity contribution in [2.75, 3.05) is 12.4 Å². The van der Waals surface area contributed by atoms with Gasteiger partial charge in [-0.1, -0.05) is 0 Å². The van der Waals surface area contributed by atoms with Gasteiger partial charge in [0.25, 0.3) is 0 Å². The third kappa shape index (κ3) is 4.30. The summed E-state index contributed by atoms with van der Waals surface area (Å²) in [6.45, 7) is 2.32. The van der Waals surface area contributed by atoms with Gasteiger partial charge >= 0.3 is 5.97 Å². The van der Waals surface area contributed by atoms with E-state index in [4.69, 9.17) is 9.84 Å². The summed E-state index contributed by atoms with van der Waals surface area (Å²) in [7, 11) is -1.25. The van der Waals surface area contributed by atoms with Crippen LogP contribution in [0.15, 0.2) is 0 Å². The van der Waals surface area contributed by atoms with E-state index in [-0.39, 0.29) is 0 Å². The van der Waals surface area contributed by atoms with Gasteiger partial charge in [-0.25, -0.2) is 0 Å². The summed E-state index contributed by atoms with van der Waals surface area (Å²) >= 11 is 0. The monoisotopic (exact) mass is 234 g/mol. The first-order valence-corrected chi connectivity index (χ1v) is 6.71. The minimum Gasteiger partial charge on any atom is -0.480 e. The summed E-state index contributed by atoms with van der Waals surface area (Å²) in [5, 5.41) is 7.89. The van der Waals surface area contributed by atoms with Crippen LogP contribution < -0.4 is 0 Å². The van der Waals surface area contributed by atoms with Crippen molar-refractivity contribution in [3.8, 4) is 0 Å². The molecule has 1 aliphatic heterocycles. The van der Waals surface area contributed by atoms with E-state index < -0.39 is 22.0 Å². The fourth-order valence-electron chi connectivity index (χ4n) is 1.61. The number of carboxylic acid groups (broad SMARTS) is 1. The number of hydrogen-bond donors (Lipinski definition) is 1. The second-order valence-corrected chi connectivity index (χ2v) is 5.72. The largest absolute Gasteiger partial charge is 0.480 e. The van der Waals surface area contributed by atoms with Crippen LogP contribution in [0.25, 0.3) is 0 Å². The zero-order chi connectivity index (χ0) is 11.3. The predicted octanol–water partition coefficient (Wildman–Crippen LogP) is 1.17. The highest BCUT2D eigenvalue weighted by Crippen LogP contribution is 2.17. The average Bonchev–Trinajstić information content (AvgIpc) is 2.69. The molecule has 0 aromatic carbocycles. The average molecular weight is 234 g/mol. The molecule has 0 aromatic heterocycles.